The molecule has 2 heterocycles. The number of nitrogens with zero attached hydrogens (tertiary/aromatic N) is 1. The number of ether oxygens (including phenoxy) is 1. The van der Waals surface area contributed by atoms with Crippen molar-refractivity contribution in [1.29, 1.82) is 0 Å². The summed E-state index contributed by atoms with van der Waals surface area (Å²) in [7, 11) is 1.73. The molecule has 0 unspecified atom stereocenters. The Morgan fingerprint density at radius 3 is 2.71 bits per heavy atom. The van der Waals surface area contributed by atoms with Crippen LogP contribution >= 0.6 is 0 Å². The largest absolute Gasteiger partial charge is 0.459 e. The third kappa shape index (κ3) is 1.13. The Morgan fingerprint density at radius 2 is 2.07 bits per heavy atom. The van der Waals surface area contributed by atoms with E-state index in [0.717, 1.165) is 13.0 Å². The van der Waals surface area contributed by atoms with Gasteiger partial charge >= 0.3 is 5.97 Å². The molecular weight excluding hydrogens is 182 g/mol. The Bertz CT molecular complexity index is 298. The van der Waals surface area contributed by atoms with Gasteiger partial charge in [0.15, 0.2) is 0 Å². The summed E-state index contributed by atoms with van der Waals surface area (Å²) in [5.41, 5.74) is -0.474. The molecule has 2 aliphatic heterocycles. The lowest BCUT2D eigenvalue weighted by Crippen LogP contribution is -2.46. The molecule has 0 aliphatic carbocycles. The fourth-order valence-corrected chi connectivity index (χ4v) is 2.43. The van der Waals surface area contributed by atoms with Gasteiger partial charge in [0.25, 0.3) is 0 Å². The molecule has 2 rings (SSSR count). The predicted molar refractivity (Wildman–Crippen MR) is 49.4 cm³/mol. The van der Waals surface area contributed by atoms with Crippen LogP contribution in [0.4, 0.5) is 0 Å². The third-order valence-electron chi connectivity index (χ3n) is 3.33. The quantitative estimate of drug-likeness (QED) is 0.417. The summed E-state index contributed by atoms with van der Waals surface area (Å²) in [4.78, 5) is 24.9. The molecule has 14 heavy (non-hydrogen) atoms. The first kappa shape index (κ1) is 9.49. The van der Waals surface area contributed by atoms with E-state index in [4.69, 9.17) is 4.74 Å². The molecule has 2 aliphatic rings. The van der Waals surface area contributed by atoms with Gasteiger partial charge in [0.05, 0.1) is 0 Å². The van der Waals surface area contributed by atoms with Crippen LogP contribution in [0.25, 0.3) is 0 Å². The Kier molecular flexibility index (Phi) is 1.84. The van der Waals surface area contributed by atoms with Gasteiger partial charge in [-0.25, -0.2) is 0 Å². The molecule has 2 fully saturated rings. The highest BCUT2D eigenvalue weighted by molar-refractivity contribution is 6.00. The highest BCUT2D eigenvalue weighted by Crippen LogP contribution is 2.42. The molecule has 2 saturated heterocycles. The molecule has 0 aromatic carbocycles. The number of amides is 1. The standard InChI is InChI=1S/C10H15NO3/c1-10(2)6-4-5-11(3)8(12)7(6)9(13)14-10/h6-7H,4-5H2,1-3H3/t6-,7+/m0/s1. The van der Waals surface area contributed by atoms with E-state index in [1.54, 1.807) is 11.9 Å². The van der Waals surface area contributed by atoms with Gasteiger partial charge in [-0.15, -0.1) is 0 Å². The first-order chi connectivity index (χ1) is 6.43. The average Bonchev–Trinajstić information content (AvgIpc) is 2.29. The maximum atomic E-state index is 11.7. The predicted octanol–water partition coefficient (Wildman–Crippen LogP) is 0.416. The van der Waals surface area contributed by atoms with Crippen LogP contribution in [-0.2, 0) is 14.3 Å². The van der Waals surface area contributed by atoms with Gasteiger partial charge < -0.3 is 9.64 Å². The second-order valence-electron chi connectivity index (χ2n) is 4.66. The van der Waals surface area contributed by atoms with Gasteiger partial charge in [-0.05, 0) is 20.3 Å². The van der Waals surface area contributed by atoms with Crippen LogP contribution < -0.4 is 0 Å². The SMILES string of the molecule is CN1CC[C@H]2[C@@H](C(=O)OC2(C)C)C1=O. The van der Waals surface area contributed by atoms with E-state index in [2.05, 4.69) is 0 Å². The zero-order valence-electron chi connectivity index (χ0n) is 8.74. The average molecular weight is 197 g/mol. The lowest BCUT2D eigenvalue weighted by Gasteiger charge is -2.33. The summed E-state index contributed by atoms with van der Waals surface area (Å²) in [5.74, 6) is -0.934. The summed E-state index contributed by atoms with van der Waals surface area (Å²) >= 11 is 0. The molecule has 0 radical (unpaired) electrons. The Labute approximate surface area is 83.2 Å². The maximum Gasteiger partial charge on any atom is 0.319 e. The van der Waals surface area contributed by atoms with Crippen molar-refractivity contribution in [3.63, 3.8) is 0 Å². The number of piperidine rings is 1. The minimum absolute atomic E-state index is 0.0544. The van der Waals surface area contributed by atoms with Crippen molar-refractivity contribution < 1.29 is 14.3 Å². The number of carbonyl (C=O) groups is 2. The summed E-state index contributed by atoms with van der Waals surface area (Å²) in [5, 5.41) is 0. The lowest BCUT2D eigenvalue weighted by molar-refractivity contribution is -0.152. The summed E-state index contributed by atoms with van der Waals surface area (Å²) in [6, 6.07) is 0. The highest BCUT2D eigenvalue weighted by atomic mass is 16.6. The first-order valence-electron chi connectivity index (χ1n) is 4.91. The molecule has 0 spiro atoms. The van der Waals surface area contributed by atoms with Crippen molar-refractivity contribution in [2.24, 2.45) is 11.8 Å². The van der Waals surface area contributed by atoms with Gasteiger partial charge in [-0.1, -0.05) is 0 Å². The zero-order valence-corrected chi connectivity index (χ0v) is 8.74. The smallest absolute Gasteiger partial charge is 0.319 e. The fraction of sp³-hybridized carbons (Fsp3) is 0.800. The molecule has 2 atom stereocenters. The number of likely N-dealkylation sites (tertiary alicyclic amines) is 1. The minimum atomic E-state index is -0.552. The Morgan fingerprint density at radius 1 is 1.43 bits per heavy atom. The van der Waals surface area contributed by atoms with Crippen molar-refractivity contribution in [3.05, 3.63) is 0 Å². The van der Waals surface area contributed by atoms with Crippen molar-refractivity contribution in [2.75, 3.05) is 13.6 Å². The molecule has 0 bridgehead atoms. The molecule has 4 nitrogen and oxygen atoms in total. The van der Waals surface area contributed by atoms with E-state index < -0.39 is 11.5 Å². The van der Waals surface area contributed by atoms with Gasteiger partial charge in [0.2, 0.25) is 5.91 Å². The van der Waals surface area contributed by atoms with Crippen molar-refractivity contribution in [3.8, 4) is 0 Å². The normalized spacial score (nSPS) is 35.5. The third-order valence-corrected chi connectivity index (χ3v) is 3.33. The van der Waals surface area contributed by atoms with Crippen LogP contribution in [0.15, 0.2) is 0 Å². The lowest BCUT2D eigenvalue weighted by atomic mass is 9.78. The van der Waals surface area contributed by atoms with Crippen LogP contribution in [0.2, 0.25) is 0 Å². The highest BCUT2D eigenvalue weighted by Gasteiger charge is 2.55. The maximum absolute atomic E-state index is 11.7. The molecule has 78 valence electrons. The first-order valence-corrected chi connectivity index (χ1v) is 4.91. The van der Waals surface area contributed by atoms with E-state index in [9.17, 15) is 9.59 Å². The minimum Gasteiger partial charge on any atom is -0.459 e. The van der Waals surface area contributed by atoms with E-state index in [1.807, 2.05) is 13.8 Å². The van der Waals surface area contributed by atoms with Gasteiger partial charge in [0.1, 0.15) is 11.5 Å². The summed E-state index contributed by atoms with van der Waals surface area (Å²) < 4.78 is 5.23. The van der Waals surface area contributed by atoms with Crippen LogP contribution in [0.5, 0.6) is 0 Å². The number of hydrogen-bond acceptors (Lipinski definition) is 3. The number of rotatable bonds is 0. The van der Waals surface area contributed by atoms with Crippen molar-refractivity contribution in [2.45, 2.75) is 25.9 Å². The molecule has 1 amide bonds. The molecule has 4 heteroatoms. The van der Waals surface area contributed by atoms with Crippen molar-refractivity contribution in [1.82, 2.24) is 4.90 Å². The number of cyclic esters (lactones) is 1. The van der Waals surface area contributed by atoms with E-state index >= 15 is 0 Å². The second kappa shape index (κ2) is 2.72. The van der Waals surface area contributed by atoms with Crippen molar-refractivity contribution >= 4 is 11.9 Å². The van der Waals surface area contributed by atoms with Crippen LogP contribution in [0.3, 0.4) is 0 Å². The monoisotopic (exact) mass is 197 g/mol. The topological polar surface area (TPSA) is 46.6 Å². The van der Waals surface area contributed by atoms with E-state index in [0.29, 0.717) is 0 Å². The van der Waals surface area contributed by atoms with E-state index in [-0.39, 0.29) is 17.8 Å². The summed E-state index contributed by atoms with van der Waals surface area (Å²) in [6.07, 6.45) is 0.853. The van der Waals surface area contributed by atoms with E-state index in [1.165, 1.54) is 0 Å². The number of hydrogen-bond donors (Lipinski definition) is 0. The number of fused-ring (bicyclic) bond motifs is 1. The summed E-state index contributed by atoms with van der Waals surface area (Å²) in [6.45, 7) is 4.49. The molecular formula is C10H15NO3. The second-order valence-corrected chi connectivity index (χ2v) is 4.66. The van der Waals surface area contributed by atoms with Gasteiger partial charge in [-0.3, -0.25) is 9.59 Å². The molecule has 0 saturated carbocycles. The Balaban J connectivity index is 2.32. The molecule has 0 aromatic rings. The van der Waals surface area contributed by atoms with Gasteiger partial charge in [0, 0.05) is 19.5 Å². The van der Waals surface area contributed by atoms with Crippen LogP contribution in [0, 0.1) is 11.8 Å². The molecule has 0 aromatic heterocycles. The Hall–Kier alpha value is -1.06. The number of esters is 1. The fourth-order valence-electron chi connectivity index (χ4n) is 2.43. The van der Waals surface area contributed by atoms with Gasteiger partial charge in [-0.2, -0.15) is 0 Å². The number of carbonyl (C=O) groups excluding carboxylic acids is 2. The van der Waals surface area contributed by atoms with Crippen LogP contribution in [-0.4, -0.2) is 36.0 Å². The molecule has 0 N–H and O–H groups in total. The van der Waals surface area contributed by atoms with Crippen LogP contribution in [0.1, 0.15) is 20.3 Å². The zero-order chi connectivity index (χ0) is 10.5.